The second kappa shape index (κ2) is 5.22. The van der Waals surface area contributed by atoms with Crippen molar-refractivity contribution >= 4 is 5.78 Å². The number of methoxy groups -OCH3 is 1. The number of benzene rings is 1. The van der Waals surface area contributed by atoms with E-state index in [4.69, 9.17) is 4.74 Å². The van der Waals surface area contributed by atoms with Crippen LogP contribution in [0.25, 0.3) is 0 Å². The van der Waals surface area contributed by atoms with Crippen LogP contribution in [0.2, 0.25) is 0 Å². The molecule has 124 valence electrons. The molecule has 2 aliphatic rings. The van der Waals surface area contributed by atoms with Crippen molar-refractivity contribution in [1.82, 2.24) is 0 Å². The molecule has 1 aromatic rings. The topological polar surface area (TPSA) is 26.3 Å². The Morgan fingerprint density at radius 3 is 2.48 bits per heavy atom. The molecular weight excluding hydrogens is 284 g/mol. The zero-order chi connectivity index (χ0) is 17.0. The highest BCUT2D eigenvalue weighted by atomic mass is 16.5. The Labute approximate surface area is 139 Å². The van der Waals surface area contributed by atoms with Gasteiger partial charge >= 0.3 is 0 Å². The summed E-state index contributed by atoms with van der Waals surface area (Å²) in [5, 5.41) is 0. The molecule has 0 saturated heterocycles. The predicted molar refractivity (Wildman–Crippen MR) is 94.2 cm³/mol. The summed E-state index contributed by atoms with van der Waals surface area (Å²) in [4.78, 5) is 13.0. The van der Waals surface area contributed by atoms with Crippen LogP contribution in [0.3, 0.4) is 0 Å². The molecule has 1 saturated carbocycles. The molecule has 0 aromatic heterocycles. The maximum atomic E-state index is 13.0. The minimum absolute atomic E-state index is 0.0955. The molecule has 0 N–H and O–H groups in total. The fourth-order valence-electron chi connectivity index (χ4n) is 4.76. The lowest BCUT2D eigenvalue weighted by Crippen LogP contribution is -2.47. The summed E-state index contributed by atoms with van der Waals surface area (Å²) >= 11 is 0. The van der Waals surface area contributed by atoms with Crippen molar-refractivity contribution in [2.45, 2.75) is 65.2 Å². The van der Waals surface area contributed by atoms with Crippen LogP contribution in [0.1, 0.15) is 70.1 Å². The first-order chi connectivity index (χ1) is 10.7. The highest BCUT2D eigenvalue weighted by Gasteiger charge is 2.50. The summed E-state index contributed by atoms with van der Waals surface area (Å²) in [5.74, 6) is 1.69. The van der Waals surface area contributed by atoms with E-state index in [1.54, 1.807) is 7.11 Å². The van der Waals surface area contributed by atoms with Gasteiger partial charge in [0.1, 0.15) is 11.5 Å². The van der Waals surface area contributed by atoms with Crippen molar-refractivity contribution in [1.29, 1.82) is 0 Å². The van der Waals surface area contributed by atoms with Gasteiger partial charge in [-0.25, -0.2) is 0 Å². The second-order valence-corrected chi connectivity index (χ2v) is 8.12. The van der Waals surface area contributed by atoms with E-state index in [-0.39, 0.29) is 5.41 Å². The van der Waals surface area contributed by atoms with Crippen molar-refractivity contribution < 1.29 is 9.53 Å². The Morgan fingerprint density at radius 1 is 1.17 bits per heavy atom. The minimum atomic E-state index is -0.467. The lowest BCUT2D eigenvalue weighted by atomic mass is 9.54. The van der Waals surface area contributed by atoms with E-state index >= 15 is 0 Å². The molecule has 1 aromatic carbocycles. The Morgan fingerprint density at radius 2 is 1.87 bits per heavy atom. The van der Waals surface area contributed by atoms with Gasteiger partial charge in [0, 0.05) is 12.0 Å². The van der Waals surface area contributed by atoms with Crippen molar-refractivity contribution in [2.75, 3.05) is 7.11 Å². The average Bonchev–Trinajstić information content (AvgIpc) is 2.50. The van der Waals surface area contributed by atoms with Crippen LogP contribution in [-0.4, -0.2) is 12.9 Å². The molecule has 2 heteroatoms. The quantitative estimate of drug-likeness (QED) is 0.722. The highest BCUT2D eigenvalue weighted by molar-refractivity contribution is 5.96. The fourth-order valence-corrected chi connectivity index (χ4v) is 4.76. The molecule has 2 nitrogen and oxygen atoms in total. The van der Waals surface area contributed by atoms with Crippen molar-refractivity contribution in [3.63, 3.8) is 0 Å². The first-order valence-electron chi connectivity index (χ1n) is 8.68. The van der Waals surface area contributed by atoms with Gasteiger partial charge in [-0.2, -0.15) is 0 Å². The third-order valence-electron chi connectivity index (χ3n) is 5.97. The van der Waals surface area contributed by atoms with Crippen LogP contribution in [0.5, 0.6) is 5.75 Å². The molecule has 1 atom stereocenters. The Kier molecular flexibility index (Phi) is 3.70. The van der Waals surface area contributed by atoms with E-state index < -0.39 is 5.41 Å². The van der Waals surface area contributed by atoms with Gasteiger partial charge in [0.25, 0.3) is 0 Å². The van der Waals surface area contributed by atoms with Crippen molar-refractivity contribution in [2.24, 2.45) is 5.41 Å². The molecule has 0 spiro atoms. The number of Topliss-reactive ketones (excluding diaryl/α,β-unsaturated/α-hetero) is 1. The molecule has 1 unspecified atom stereocenters. The molecule has 3 rings (SSSR count). The third-order valence-corrected chi connectivity index (χ3v) is 5.97. The highest BCUT2D eigenvalue weighted by Crippen LogP contribution is 2.54. The maximum absolute atomic E-state index is 13.0. The van der Waals surface area contributed by atoms with Crippen molar-refractivity contribution in [3.8, 4) is 5.75 Å². The molecule has 1 fully saturated rings. The minimum Gasteiger partial charge on any atom is -0.496 e. The number of hydrogen-bond acceptors (Lipinski definition) is 2. The largest absolute Gasteiger partial charge is 0.496 e. The normalized spacial score (nSPS) is 25.7. The molecule has 0 radical (unpaired) electrons. The van der Waals surface area contributed by atoms with Crippen LogP contribution in [0.15, 0.2) is 23.8 Å². The van der Waals surface area contributed by atoms with E-state index in [0.717, 1.165) is 18.6 Å². The third kappa shape index (κ3) is 2.18. The predicted octanol–water partition coefficient (Wildman–Crippen LogP) is 4.95. The standard InChI is InChI=1S/C21H28O2/c1-13(2)19-14-7-10-17-20(3,4)12-11-18(22)21(17,5)15(14)8-9-16(19)23-6/h8-10,13H,7,11-12H2,1-6H3. The van der Waals surface area contributed by atoms with E-state index in [1.165, 1.54) is 22.3 Å². The van der Waals surface area contributed by atoms with E-state index in [0.29, 0.717) is 18.1 Å². The van der Waals surface area contributed by atoms with Crippen molar-refractivity contribution in [3.05, 3.63) is 40.5 Å². The van der Waals surface area contributed by atoms with Gasteiger partial charge in [0.15, 0.2) is 0 Å². The molecule has 0 aliphatic heterocycles. The maximum Gasteiger partial charge on any atom is 0.147 e. The summed E-state index contributed by atoms with van der Waals surface area (Å²) in [6.45, 7) is 11.1. The van der Waals surface area contributed by atoms with Crippen LogP contribution in [-0.2, 0) is 16.6 Å². The van der Waals surface area contributed by atoms with E-state index in [2.05, 4.69) is 52.8 Å². The summed E-state index contributed by atoms with van der Waals surface area (Å²) in [5.41, 5.74) is 4.71. The number of rotatable bonds is 2. The number of hydrogen-bond donors (Lipinski definition) is 0. The monoisotopic (exact) mass is 312 g/mol. The zero-order valence-corrected chi connectivity index (χ0v) is 15.2. The lowest BCUT2D eigenvalue weighted by molar-refractivity contribution is -0.125. The molecule has 0 bridgehead atoms. The van der Waals surface area contributed by atoms with Crippen LogP contribution in [0.4, 0.5) is 0 Å². The smallest absolute Gasteiger partial charge is 0.147 e. The summed E-state index contributed by atoms with van der Waals surface area (Å²) in [6, 6.07) is 4.18. The van der Waals surface area contributed by atoms with Gasteiger partial charge in [-0.15, -0.1) is 0 Å². The Balaban J connectivity index is 2.28. The molecular formula is C21H28O2. The van der Waals surface area contributed by atoms with Gasteiger partial charge < -0.3 is 4.74 Å². The zero-order valence-electron chi connectivity index (χ0n) is 15.2. The molecule has 23 heavy (non-hydrogen) atoms. The van der Waals surface area contributed by atoms with Gasteiger partial charge in [-0.05, 0) is 48.3 Å². The van der Waals surface area contributed by atoms with Crippen LogP contribution in [0, 0.1) is 5.41 Å². The SMILES string of the molecule is COc1ccc2c(c1C(C)C)CC=C1C(C)(C)CCC(=O)C12C. The number of fused-ring (bicyclic) bond motifs is 3. The fraction of sp³-hybridized carbons (Fsp3) is 0.571. The summed E-state index contributed by atoms with van der Waals surface area (Å²) < 4.78 is 5.60. The first kappa shape index (κ1) is 16.3. The van der Waals surface area contributed by atoms with Crippen LogP contribution >= 0.6 is 0 Å². The lowest BCUT2D eigenvalue weighted by Gasteiger charge is -2.48. The molecule has 0 heterocycles. The van der Waals surface area contributed by atoms with Crippen LogP contribution < -0.4 is 4.74 Å². The molecule has 0 amide bonds. The van der Waals surface area contributed by atoms with E-state index in [1.807, 2.05) is 0 Å². The number of carbonyl (C=O) groups is 1. The number of ketones is 1. The average molecular weight is 312 g/mol. The summed E-state index contributed by atoms with van der Waals surface area (Å²) in [7, 11) is 1.73. The Hall–Kier alpha value is -1.57. The Bertz CT molecular complexity index is 694. The van der Waals surface area contributed by atoms with E-state index in [9.17, 15) is 4.79 Å². The van der Waals surface area contributed by atoms with Gasteiger partial charge in [-0.3, -0.25) is 4.79 Å². The number of carbonyl (C=O) groups excluding carboxylic acids is 1. The number of ether oxygens (including phenoxy) is 1. The van der Waals surface area contributed by atoms with Gasteiger partial charge in [0.2, 0.25) is 0 Å². The van der Waals surface area contributed by atoms with Gasteiger partial charge in [0.05, 0.1) is 12.5 Å². The summed E-state index contributed by atoms with van der Waals surface area (Å²) in [6.07, 6.45) is 4.85. The number of allylic oxidation sites excluding steroid dienone is 2. The first-order valence-corrected chi connectivity index (χ1v) is 8.68. The van der Waals surface area contributed by atoms with Gasteiger partial charge in [-0.1, -0.05) is 45.4 Å². The molecule has 2 aliphatic carbocycles. The second-order valence-electron chi connectivity index (χ2n) is 8.12.